The number of sulfone groups is 1. The van der Waals surface area contributed by atoms with Gasteiger partial charge in [0.25, 0.3) is 0 Å². The zero-order valence-corrected chi connectivity index (χ0v) is 11.5. The first-order valence-corrected chi connectivity index (χ1v) is 7.36. The van der Waals surface area contributed by atoms with Crippen LogP contribution in [0.4, 0.5) is 20.4 Å². The van der Waals surface area contributed by atoms with Crippen molar-refractivity contribution >= 4 is 21.5 Å². The van der Waals surface area contributed by atoms with Crippen LogP contribution in [0.3, 0.4) is 0 Å². The molecule has 2 aromatic rings. The average Bonchev–Trinajstić information content (AvgIpc) is 2.66. The van der Waals surface area contributed by atoms with Gasteiger partial charge in [-0.1, -0.05) is 0 Å². The van der Waals surface area contributed by atoms with Crippen molar-refractivity contribution in [3.8, 4) is 5.69 Å². The minimum Gasteiger partial charge on any atom is -0.382 e. The minimum absolute atomic E-state index is 0.00581. The van der Waals surface area contributed by atoms with Gasteiger partial charge in [0.1, 0.15) is 17.3 Å². The Hall–Kier alpha value is -2.16. The zero-order chi connectivity index (χ0) is 15.1. The number of aromatic nitrogens is 2. The van der Waals surface area contributed by atoms with E-state index < -0.39 is 21.5 Å². The maximum Gasteiger partial charge on any atom is 0.182 e. The Morgan fingerprint density at radius 3 is 2.45 bits per heavy atom. The smallest absolute Gasteiger partial charge is 0.182 e. The molecule has 1 heterocycles. The van der Waals surface area contributed by atoms with Crippen molar-refractivity contribution in [3.05, 3.63) is 29.8 Å². The summed E-state index contributed by atoms with van der Waals surface area (Å²) in [7, 11) is -2.19. The van der Waals surface area contributed by atoms with Crippen molar-refractivity contribution in [1.29, 1.82) is 0 Å². The molecule has 0 saturated heterocycles. The number of benzene rings is 1. The molecule has 0 aliphatic carbocycles. The number of rotatable bonds is 3. The van der Waals surface area contributed by atoms with Crippen LogP contribution in [0.2, 0.25) is 0 Å². The molecule has 0 spiro atoms. The van der Waals surface area contributed by atoms with E-state index in [9.17, 15) is 17.2 Å². The van der Waals surface area contributed by atoms with Crippen LogP contribution >= 0.6 is 0 Å². The van der Waals surface area contributed by atoms with Gasteiger partial charge in [0, 0.05) is 19.4 Å². The number of anilines is 2. The van der Waals surface area contributed by atoms with Gasteiger partial charge >= 0.3 is 0 Å². The predicted octanol–water partition coefficient (Wildman–Crippen LogP) is 1.18. The number of hydrogen-bond acceptors (Lipinski definition) is 5. The van der Waals surface area contributed by atoms with Crippen molar-refractivity contribution in [2.45, 2.75) is 4.90 Å². The molecule has 1 aromatic heterocycles. The average molecular weight is 302 g/mol. The molecule has 20 heavy (non-hydrogen) atoms. The fraction of sp³-hybridized carbons (Fsp3) is 0.182. The molecule has 0 saturated carbocycles. The van der Waals surface area contributed by atoms with Crippen LogP contribution in [0, 0.1) is 11.6 Å². The molecule has 108 valence electrons. The van der Waals surface area contributed by atoms with Crippen molar-refractivity contribution < 1.29 is 17.2 Å². The van der Waals surface area contributed by atoms with Crippen LogP contribution in [-0.2, 0) is 9.84 Å². The Kier molecular flexibility index (Phi) is 3.38. The summed E-state index contributed by atoms with van der Waals surface area (Å²) in [5.74, 6) is -1.91. The molecule has 0 aliphatic rings. The van der Waals surface area contributed by atoms with Gasteiger partial charge in [-0.25, -0.2) is 21.9 Å². The molecule has 0 amide bonds. The summed E-state index contributed by atoms with van der Waals surface area (Å²) in [6.45, 7) is 0. The quantitative estimate of drug-likeness (QED) is 0.888. The fourth-order valence-electron chi connectivity index (χ4n) is 1.78. The summed E-state index contributed by atoms with van der Waals surface area (Å²) in [4.78, 5) is -0.233. The maximum absolute atomic E-state index is 13.7. The van der Waals surface area contributed by atoms with Crippen LogP contribution in [0.5, 0.6) is 0 Å². The molecule has 1 aromatic carbocycles. The van der Waals surface area contributed by atoms with Crippen LogP contribution in [-0.4, -0.2) is 31.5 Å². The maximum atomic E-state index is 13.7. The standard InChI is InChI=1S/C11H12F2N4O2S/c1-15-11-9(20(2,18)19)10(14)17(16-11)8-4-3-6(12)5-7(8)13/h3-5H,14H2,1-2H3,(H,15,16). The molecule has 0 aliphatic heterocycles. The lowest BCUT2D eigenvalue weighted by molar-refractivity contribution is 0.574. The van der Waals surface area contributed by atoms with Gasteiger partial charge in [0.15, 0.2) is 26.4 Å². The van der Waals surface area contributed by atoms with E-state index in [1.165, 1.54) is 7.05 Å². The number of nitrogens with one attached hydrogen (secondary N) is 1. The van der Waals surface area contributed by atoms with E-state index in [2.05, 4.69) is 10.4 Å². The molecule has 0 fully saturated rings. The molecule has 9 heteroatoms. The highest BCUT2D eigenvalue weighted by molar-refractivity contribution is 7.91. The topological polar surface area (TPSA) is 90.0 Å². The summed E-state index contributed by atoms with van der Waals surface area (Å²) in [5.41, 5.74) is 5.58. The van der Waals surface area contributed by atoms with Gasteiger partial charge in [-0.2, -0.15) is 0 Å². The molecule has 0 unspecified atom stereocenters. The zero-order valence-electron chi connectivity index (χ0n) is 10.7. The summed E-state index contributed by atoms with van der Waals surface area (Å²) < 4.78 is 50.9. The number of nitrogen functional groups attached to an aromatic ring is 1. The number of nitrogens with two attached hydrogens (primary N) is 1. The Bertz CT molecular complexity index is 771. The van der Waals surface area contributed by atoms with Gasteiger partial charge in [0.05, 0.1) is 0 Å². The first kappa shape index (κ1) is 14.3. The third-order valence-electron chi connectivity index (χ3n) is 2.62. The molecule has 2 rings (SSSR count). The summed E-state index contributed by atoms with van der Waals surface area (Å²) in [6, 6.07) is 2.81. The van der Waals surface area contributed by atoms with Gasteiger partial charge in [-0.3, -0.25) is 0 Å². The molecule has 0 atom stereocenters. The Morgan fingerprint density at radius 1 is 1.35 bits per heavy atom. The molecule has 0 bridgehead atoms. The number of halogens is 2. The fourth-order valence-corrected chi connectivity index (χ4v) is 2.74. The molecule has 6 nitrogen and oxygen atoms in total. The molecular formula is C11H12F2N4O2S. The van der Waals surface area contributed by atoms with Crippen LogP contribution < -0.4 is 11.1 Å². The van der Waals surface area contributed by atoms with Crippen LogP contribution in [0.15, 0.2) is 23.1 Å². The summed E-state index contributed by atoms with van der Waals surface area (Å²) in [5, 5.41) is 6.47. The first-order chi connectivity index (χ1) is 9.25. The van der Waals surface area contributed by atoms with Gasteiger partial charge in [-0.15, -0.1) is 5.10 Å². The predicted molar refractivity (Wildman–Crippen MR) is 70.5 cm³/mol. The second-order valence-corrected chi connectivity index (χ2v) is 6.05. The lowest BCUT2D eigenvalue weighted by atomic mass is 10.3. The lowest BCUT2D eigenvalue weighted by Gasteiger charge is -2.05. The number of hydrogen-bond donors (Lipinski definition) is 2. The summed E-state index contributed by atoms with van der Waals surface area (Å²) in [6.07, 6.45) is 0.965. The van der Waals surface area contributed by atoms with Crippen molar-refractivity contribution in [3.63, 3.8) is 0 Å². The van der Waals surface area contributed by atoms with Crippen molar-refractivity contribution in [1.82, 2.24) is 9.78 Å². The van der Waals surface area contributed by atoms with Crippen molar-refractivity contribution in [2.24, 2.45) is 0 Å². The highest BCUT2D eigenvalue weighted by Crippen LogP contribution is 2.30. The first-order valence-electron chi connectivity index (χ1n) is 5.47. The van der Waals surface area contributed by atoms with E-state index in [1.807, 2.05) is 0 Å². The Labute approximate surface area is 114 Å². The van der Waals surface area contributed by atoms with E-state index in [4.69, 9.17) is 5.73 Å². The van der Waals surface area contributed by atoms with Gasteiger partial charge in [0.2, 0.25) is 0 Å². The van der Waals surface area contributed by atoms with Crippen LogP contribution in [0.25, 0.3) is 5.69 Å². The van der Waals surface area contributed by atoms with E-state index in [0.29, 0.717) is 6.07 Å². The molecular weight excluding hydrogens is 290 g/mol. The minimum atomic E-state index is -3.65. The molecule has 3 N–H and O–H groups in total. The van der Waals surface area contributed by atoms with Crippen LogP contribution in [0.1, 0.15) is 0 Å². The normalized spacial score (nSPS) is 11.6. The number of nitrogens with zero attached hydrogens (tertiary/aromatic N) is 2. The van der Waals surface area contributed by atoms with E-state index in [-0.39, 0.29) is 22.2 Å². The third-order valence-corrected chi connectivity index (χ3v) is 3.77. The second-order valence-electron chi connectivity index (χ2n) is 4.09. The van der Waals surface area contributed by atoms with Gasteiger partial charge < -0.3 is 11.1 Å². The highest BCUT2D eigenvalue weighted by Gasteiger charge is 2.25. The van der Waals surface area contributed by atoms with Crippen molar-refractivity contribution in [2.75, 3.05) is 24.4 Å². The monoisotopic (exact) mass is 302 g/mol. The Morgan fingerprint density at radius 2 is 2.00 bits per heavy atom. The Balaban J connectivity index is 2.74. The molecule has 0 radical (unpaired) electrons. The summed E-state index contributed by atoms with van der Waals surface area (Å²) >= 11 is 0. The van der Waals surface area contributed by atoms with Gasteiger partial charge in [-0.05, 0) is 12.1 Å². The largest absolute Gasteiger partial charge is 0.382 e. The SMILES string of the molecule is CNc1nn(-c2ccc(F)cc2F)c(N)c1S(C)(=O)=O. The van der Waals surface area contributed by atoms with E-state index in [1.54, 1.807) is 0 Å². The van der Waals surface area contributed by atoms with E-state index in [0.717, 1.165) is 23.1 Å². The highest BCUT2D eigenvalue weighted by atomic mass is 32.2. The lowest BCUT2D eigenvalue weighted by Crippen LogP contribution is -2.07. The second kappa shape index (κ2) is 4.75. The third kappa shape index (κ3) is 2.31. The van der Waals surface area contributed by atoms with E-state index >= 15 is 0 Å².